The van der Waals surface area contributed by atoms with Crippen LogP contribution in [0, 0.1) is 13.7 Å². The SMILES string of the molecule is NCCCNc1c([N+](=O)[O-])c(Br)nc2cccc(I)c12. The maximum Gasteiger partial charge on any atom is 0.325 e. The van der Waals surface area contributed by atoms with Crippen LogP contribution in [0.5, 0.6) is 0 Å². The van der Waals surface area contributed by atoms with Crippen molar-refractivity contribution in [3.8, 4) is 0 Å². The fourth-order valence-electron chi connectivity index (χ4n) is 1.89. The van der Waals surface area contributed by atoms with E-state index >= 15 is 0 Å². The molecule has 0 saturated heterocycles. The molecule has 1 aromatic carbocycles. The number of hydrogen-bond donors (Lipinski definition) is 2. The maximum absolute atomic E-state index is 11.3. The van der Waals surface area contributed by atoms with E-state index in [1.807, 2.05) is 18.2 Å². The van der Waals surface area contributed by atoms with Crippen molar-refractivity contribution in [2.24, 2.45) is 5.73 Å². The highest BCUT2D eigenvalue weighted by molar-refractivity contribution is 14.1. The molecule has 3 N–H and O–H groups in total. The predicted octanol–water partition coefficient (Wildman–Crippen LogP) is 3.27. The Balaban J connectivity index is 2.68. The average Bonchev–Trinajstić information content (AvgIpc) is 2.38. The van der Waals surface area contributed by atoms with Gasteiger partial charge in [-0.1, -0.05) is 6.07 Å². The minimum atomic E-state index is -0.426. The highest BCUT2D eigenvalue weighted by atomic mass is 127. The molecule has 0 bridgehead atoms. The lowest BCUT2D eigenvalue weighted by molar-refractivity contribution is -0.385. The van der Waals surface area contributed by atoms with Crippen LogP contribution < -0.4 is 11.1 Å². The van der Waals surface area contributed by atoms with Gasteiger partial charge in [0.2, 0.25) is 0 Å². The van der Waals surface area contributed by atoms with Gasteiger partial charge in [-0.15, -0.1) is 0 Å². The smallest absolute Gasteiger partial charge is 0.325 e. The van der Waals surface area contributed by atoms with E-state index in [0.29, 0.717) is 24.3 Å². The summed E-state index contributed by atoms with van der Waals surface area (Å²) in [6, 6.07) is 5.61. The lowest BCUT2D eigenvalue weighted by Gasteiger charge is -2.12. The zero-order chi connectivity index (χ0) is 14.7. The van der Waals surface area contributed by atoms with Crippen molar-refractivity contribution in [1.82, 2.24) is 4.98 Å². The molecule has 0 spiro atoms. The zero-order valence-electron chi connectivity index (χ0n) is 10.4. The molecule has 20 heavy (non-hydrogen) atoms. The highest BCUT2D eigenvalue weighted by Crippen LogP contribution is 2.39. The van der Waals surface area contributed by atoms with Crippen molar-refractivity contribution in [1.29, 1.82) is 0 Å². The molecule has 0 amide bonds. The van der Waals surface area contributed by atoms with Gasteiger partial charge in [0.25, 0.3) is 0 Å². The quantitative estimate of drug-likeness (QED) is 0.240. The molecule has 0 aliphatic heterocycles. The first-order valence-corrected chi connectivity index (χ1v) is 7.79. The summed E-state index contributed by atoms with van der Waals surface area (Å²) in [6.45, 7) is 1.11. The van der Waals surface area contributed by atoms with Crippen molar-refractivity contribution in [2.75, 3.05) is 18.4 Å². The van der Waals surface area contributed by atoms with E-state index in [1.165, 1.54) is 0 Å². The number of aromatic nitrogens is 1. The lowest BCUT2D eigenvalue weighted by atomic mass is 10.1. The van der Waals surface area contributed by atoms with Gasteiger partial charge in [0.05, 0.1) is 10.4 Å². The van der Waals surface area contributed by atoms with Crippen LogP contribution in [0.15, 0.2) is 22.8 Å². The second kappa shape index (κ2) is 6.64. The third-order valence-electron chi connectivity index (χ3n) is 2.76. The minimum absolute atomic E-state index is 0.0429. The summed E-state index contributed by atoms with van der Waals surface area (Å²) in [5, 5.41) is 15.2. The Morgan fingerprint density at radius 3 is 2.90 bits per heavy atom. The molecule has 0 radical (unpaired) electrons. The van der Waals surface area contributed by atoms with Gasteiger partial charge < -0.3 is 11.1 Å². The number of fused-ring (bicyclic) bond motifs is 1. The molecule has 2 rings (SSSR count). The number of halogens is 2. The molecule has 0 atom stereocenters. The van der Waals surface area contributed by atoms with Crippen LogP contribution in [0.4, 0.5) is 11.4 Å². The van der Waals surface area contributed by atoms with Gasteiger partial charge in [0.15, 0.2) is 4.60 Å². The van der Waals surface area contributed by atoms with Gasteiger partial charge >= 0.3 is 5.69 Å². The Bertz CT molecular complexity index is 665. The summed E-state index contributed by atoms with van der Waals surface area (Å²) in [5.41, 5.74) is 6.63. The third-order valence-corrected chi connectivity index (χ3v) is 4.21. The number of nitro groups is 1. The first-order chi connectivity index (χ1) is 9.56. The number of nitrogens with zero attached hydrogens (tertiary/aromatic N) is 2. The number of hydrogen-bond acceptors (Lipinski definition) is 5. The summed E-state index contributed by atoms with van der Waals surface area (Å²) >= 11 is 5.34. The summed E-state index contributed by atoms with van der Waals surface area (Å²) < 4.78 is 1.14. The highest BCUT2D eigenvalue weighted by Gasteiger charge is 2.24. The number of pyridine rings is 1. The number of benzene rings is 1. The lowest BCUT2D eigenvalue weighted by Crippen LogP contribution is -2.11. The topological polar surface area (TPSA) is 94.1 Å². The van der Waals surface area contributed by atoms with Crippen LogP contribution in [0.2, 0.25) is 0 Å². The van der Waals surface area contributed by atoms with Gasteiger partial charge in [-0.3, -0.25) is 10.1 Å². The molecule has 0 aliphatic carbocycles. The van der Waals surface area contributed by atoms with Crippen molar-refractivity contribution < 1.29 is 4.92 Å². The second-order valence-corrected chi connectivity index (χ2v) is 6.00. The van der Waals surface area contributed by atoms with E-state index in [4.69, 9.17) is 5.73 Å². The molecule has 0 unspecified atom stereocenters. The van der Waals surface area contributed by atoms with Gasteiger partial charge in [-0.2, -0.15) is 0 Å². The molecule has 0 aliphatic rings. The molecule has 1 heterocycles. The van der Waals surface area contributed by atoms with Crippen LogP contribution in [-0.2, 0) is 0 Å². The number of nitrogens with two attached hydrogens (primary N) is 1. The molecular formula is C12H12BrIN4O2. The summed E-state index contributed by atoms with van der Waals surface area (Å²) in [5.74, 6) is 0. The van der Waals surface area contributed by atoms with Crippen molar-refractivity contribution in [3.05, 3.63) is 36.5 Å². The van der Waals surface area contributed by atoms with Gasteiger partial charge in [0.1, 0.15) is 5.69 Å². The van der Waals surface area contributed by atoms with E-state index in [1.54, 1.807) is 0 Å². The first kappa shape index (κ1) is 15.4. The standard InChI is InChI=1S/C12H12BrIN4O2/c13-12-11(18(19)20)10(16-6-2-5-15)9-7(14)3-1-4-8(9)17-12/h1,3-4H,2,5-6,15H2,(H,16,17). The minimum Gasteiger partial charge on any atom is -0.379 e. The Labute approximate surface area is 137 Å². The molecule has 2 aromatic rings. The molecule has 8 heteroatoms. The summed E-state index contributed by atoms with van der Waals surface area (Å²) in [6.07, 6.45) is 0.738. The fraction of sp³-hybridized carbons (Fsp3) is 0.250. The first-order valence-electron chi connectivity index (χ1n) is 5.92. The molecule has 0 saturated carbocycles. The molecular weight excluding hydrogens is 439 g/mol. The van der Waals surface area contributed by atoms with Crippen LogP contribution in [-0.4, -0.2) is 23.0 Å². The van der Waals surface area contributed by atoms with Crippen molar-refractivity contribution >= 4 is 60.8 Å². The van der Waals surface area contributed by atoms with E-state index in [2.05, 4.69) is 48.8 Å². The van der Waals surface area contributed by atoms with Crippen LogP contribution >= 0.6 is 38.5 Å². The second-order valence-electron chi connectivity index (χ2n) is 4.09. The summed E-state index contributed by atoms with van der Waals surface area (Å²) in [4.78, 5) is 15.1. The Kier molecular flexibility index (Phi) is 5.11. The van der Waals surface area contributed by atoms with E-state index in [0.717, 1.165) is 15.4 Å². The van der Waals surface area contributed by atoms with Crippen molar-refractivity contribution in [3.63, 3.8) is 0 Å². The zero-order valence-corrected chi connectivity index (χ0v) is 14.1. The predicted molar refractivity (Wildman–Crippen MR) is 91.0 cm³/mol. The Morgan fingerprint density at radius 1 is 1.50 bits per heavy atom. The Morgan fingerprint density at radius 2 is 2.25 bits per heavy atom. The number of rotatable bonds is 5. The van der Waals surface area contributed by atoms with Crippen LogP contribution in [0.1, 0.15) is 6.42 Å². The fourth-order valence-corrected chi connectivity index (χ4v) is 3.18. The molecule has 106 valence electrons. The Hall–Kier alpha value is -1.000. The van der Waals surface area contributed by atoms with E-state index in [9.17, 15) is 10.1 Å². The number of anilines is 1. The normalized spacial score (nSPS) is 10.8. The monoisotopic (exact) mass is 450 g/mol. The summed E-state index contributed by atoms with van der Waals surface area (Å²) in [7, 11) is 0. The van der Waals surface area contributed by atoms with Gasteiger partial charge in [-0.05, 0) is 63.6 Å². The molecule has 0 fully saturated rings. The largest absolute Gasteiger partial charge is 0.379 e. The van der Waals surface area contributed by atoms with Gasteiger partial charge in [-0.25, -0.2) is 4.98 Å². The van der Waals surface area contributed by atoms with Crippen LogP contribution in [0.25, 0.3) is 10.9 Å². The molecule has 1 aromatic heterocycles. The number of nitrogens with one attached hydrogen (secondary N) is 1. The van der Waals surface area contributed by atoms with E-state index < -0.39 is 4.92 Å². The molecule has 6 nitrogen and oxygen atoms in total. The van der Waals surface area contributed by atoms with Crippen molar-refractivity contribution in [2.45, 2.75) is 6.42 Å². The third kappa shape index (κ3) is 3.01. The average molecular weight is 451 g/mol. The maximum atomic E-state index is 11.3. The van der Waals surface area contributed by atoms with Crippen LogP contribution in [0.3, 0.4) is 0 Å². The van der Waals surface area contributed by atoms with Gasteiger partial charge in [0, 0.05) is 15.5 Å². The van der Waals surface area contributed by atoms with E-state index in [-0.39, 0.29) is 10.3 Å².